The number of H-pyrrole nitrogens is 2. The minimum atomic E-state index is -3.84. The summed E-state index contributed by atoms with van der Waals surface area (Å²) in [6.07, 6.45) is 3.57. The lowest BCUT2D eigenvalue weighted by atomic mass is 10.2. The molecule has 0 radical (unpaired) electrons. The van der Waals surface area contributed by atoms with Crippen molar-refractivity contribution in [2.45, 2.75) is 37.5 Å². The van der Waals surface area contributed by atoms with Crippen molar-refractivity contribution in [3.8, 4) is 0 Å². The van der Waals surface area contributed by atoms with Crippen LogP contribution in [-0.2, 0) is 10.0 Å². The predicted molar refractivity (Wildman–Crippen MR) is 69.6 cm³/mol. The molecule has 7 nitrogen and oxygen atoms in total. The highest BCUT2D eigenvalue weighted by Crippen LogP contribution is 2.18. The Bertz CT molecular complexity index is 666. The number of sulfonamides is 1. The Labute approximate surface area is 110 Å². The van der Waals surface area contributed by atoms with E-state index in [1.807, 2.05) is 4.98 Å². The summed E-state index contributed by atoms with van der Waals surface area (Å²) in [5, 5.41) is 0. The average Bonchev–Trinajstić information content (AvgIpc) is 2.55. The van der Waals surface area contributed by atoms with Crippen LogP contribution in [0.4, 0.5) is 0 Å². The van der Waals surface area contributed by atoms with Gasteiger partial charge in [0.2, 0.25) is 10.0 Å². The maximum absolute atomic E-state index is 12.5. The second kappa shape index (κ2) is 5.30. The van der Waals surface area contributed by atoms with Gasteiger partial charge in [0.05, 0.1) is 0 Å². The summed E-state index contributed by atoms with van der Waals surface area (Å²) in [7, 11) is -3.84. The van der Waals surface area contributed by atoms with Gasteiger partial charge in [-0.15, -0.1) is 0 Å². The van der Waals surface area contributed by atoms with Gasteiger partial charge in [0.1, 0.15) is 0 Å². The van der Waals surface area contributed by atoms with Gasteiger partial charge in [0.25, 0.3) is 5.56 Å². The Hall–Kier alpha value is -1.41. The molecule has 1 aromatic rings. The standard InChI is InChI=1S/C11H17N3O4S/c1-8-9(10(15)13-11(16)12-8)19(17,18)14-6-4-2-3-5-7-14/h2-7H2,1H3,(H2,12,13,15,16). The number of nitrogens with zero attached hydrogens (tertiary/aromatic N) is 1. The van der Waals surface area contributed by atoms with Crippen molar-refractivity contribution in [2.75, 3.05) is 13.1 Å². The van der Waals surface area contributed by atoms with Crippen LogP contribution in [0.3, 0.4) is 0 Å². The maximum Gasteiger partial charge on any atom is 0.325 e. The third-order valence-corrected chi connectivity index (χ3v) is 5.29. The van der Waals surface area contributed by atoms with Gasteiger partial charge in [-0.3, -0.25) is 9.78 Å². The van der Waals surface area contributed by atoms with Gasteiger partial charge in [-0.25, -0.2) is 13.2 Å². The predicted octanol–water partition coefficient (Wildman–Crippen LogP) is -0.0637. The number of hydrogen-bond donors (Lipinski definition) is 2. The average molecular weight is 287 g/mol. The highest BCUT2D eigenvalue weighted by Gasteiger charge is 2.29. The van der Waals surface area contributed by atoms with Crippen LogP contribution in [0.15, 0.2) is 14.5 Å². The van der Waals surface area contributed by atoms with E-state index in [4.69, 9.17) is 0 Å². The van der Waals surface area contributed by atoms with Crippen molar-refractivity contribution in [2.24, 2.45) is 0 Å². The van der Waals surface area contributed by atoms with Gasteiger partial charge < -0.3 is 4.98 Å². The number of rotatable bonds is 2. The molecule has 1 aliphatic rings. The molecule has 19 heavy (non-hydrogen) atoms. The molecule has 0 atom stereocenters. The Morgan fingerprint density at radius 1 is 1.00 bits per heavy atom. The monoisotopic (exact) mass is 287 g/mol. The van der Waals surface area contributed by atoms with E-state index in [2.05, 4.69) is 4.98 Å². The molecule has 0 aliphatic carbocycles. The third kappa shape index (κ3) is 2.79. The molecular formula is C11H17N3O4S. The SMILES string of the molecule is Cc1[nH]c(=O)[nH]c(=O)c1S(=O)(=O)N1CCCCCC1. The van der Waals surface area contributed by atoms with Gasteiger partial charge in [-0.05, 0) is 19.8 Å². The van der Waals surface area contributed by atoms with Crippen molar-refractivity contribution in [1.29, 1.82) is 0 Å². The molecule has 0 aromatic carbocycles. The normalized spacial score (nSPS) is 18.2. The van der Waals surface area contributed by atoms with Crippen LogP contribution in [0.1, 0.15) is 31.4 Å². The molecule has 2 rings (SSSR count). The molecule has 0 unspecified atom stereocenters. The molecule has 0 bridgehead atoms. The molecule has 2 heterocycles. The second-order valence-electron chi connectivity index (χ2n) is 4.68. The highest BCUT2D eigenvalue weighted by molar-refractivity contribution is 7.89. The zero-order chi connectivity index (χ0) is 14.0. The quantitative estimate of drug-likeness (QED) is 0.795. The van der Waals surface area contributed by atoms with Crippen molar-refractivity contribution < 1.29 is 8.42 Å². The van der Waals surface area contributed by atoms with Crippen molar-refractivity contribution >= 4 is 10.0 Å². The van der Waals surface area contributed by atoms with E-state index in [-0.39, 0.29) is 10.6 Å². The third-order valence-electron chi connectivity index (χ3n) is 3.24. The minimum absolute atomic E-state index is 0.0815. The Balaban J connectivity index is 2.50. The van der Waals surface area contributed by atoms with E-state index in [1.165, 1.54) is 11.2 Å². The molecule has 0 saturated carbocycles. The van der Waals surface area contributed by atoms with Gasteiger partial charge >= 0.3 is 5.69 Å². The Morgan fingerprint density at radius 3 is 2.11 bits per heavy atom. The summed E-state index contributed by atoms with van der Waals surface area (Å²) in [6, 6.07) is 0. The van der Waals surface area contributed by atoms with Gasteiger partial charge in [0.15, 0.2) is 4.90 Å². The molecule has 0 spiro atoms. The van der Waals surface area contributed by atoms with E-state index < -0.39 is 21.3 Å². The van der Waals surface area contributed by atoms with E-state index in [0.717, 1.165) is 25.7 Å². The van der Waals surface area contributed by atoms with Crippen LogP contribution in [0.25, 0.3) is 0 Å². The summed E-state index contributed by atoms with van der Waals surface area (Å²) >= 11 is 0. The first kappa shape index (κ1) is 14.0. The van der Waals surface area contributed by atoms with E-state index >= 15 is 0 Å². The number of nitrogens with one attached hydrogen (secondary N) is 2. The molecule has 1 aromatic heterocycles. The molecule has 0 amide bonds. The fraction of sp³-hybridized carbons (Fsp3) is 0.636. The number of aromatic nitrogens is 2. The Morgan fingerprint density at radius 2 is 1.58 bits per heavy atom. The number of hydrogen-bond acceptors (Lipinski definition) is 4. The van der Waals surface area contributed by atoms with Crippen LogP contribution in [0.2, 0.25) is 0 Å². The van der Waals surface area contributed by atoms with Gasteiger partial charge in [-0.2, -0.15) is 4.31 Å². The Kier molecular flexibility index (Phi) is 3.91. The lowest BCUT2D eigenvalue weighted by Gasteiger charge is -2.19. The first-order valence-electron chi connectivity index (χ1n) is 6.26. The first-order valence-corrected chi connectivity index (χ1v) is 7.70. The molecular weight excluding hydrogens is 270 g/mol. The fourth-order valence-corrected chi connectivity index (χ4v) is 4.03. The van der Waals surface area contributed by atoms with E-state index in [9.17, 15) is 18.0 Å². The van der Waals surface area contributed by atoms with Crippen LogP contribution in [0.5, 0.6) is 0 Å². The smallest absolute Gasteiger partial charge is 0.310 e. The number of aromatic amines is 2. The minimum Gasteiger partial charge on any atom is -0.310 e. The molecule has 1 fully saturated rings. The number of aryl methyl sites for hydroxylation is 1. The second-order valence-corrected chi connectivity index (χ2v) is 6.56. The summed E-state index contributed by atoms with van der Waals surface area (Å²) < 4.78 is 26.3. The van der Waals surface area contributed by atoms with Crippen molar-refractivity contribution in [3.05, 3.63) is 26.5 Å². The van der Waals surface area contributed by atoms with Gasteiger partial charge in [-0.1, -0.05) is 12.8 Å². The molecule has 1 saturated heterocycles. The highest BCUT2D eigenvalue weighted by atomic mass is 32.2. The van der Waals surface area contributed by atoms with Crippen molar-refractivity contribution in [3.63, 3.8) is 0 Å². The van der Waals surface area contributed by atoms with Crippen molar-refractivity contribution in [1.82, 2.24) is 14.3 Å². The molecule has 2 N–H and O–H groups in total. The van der Waals surface area contributed by atoms with Crippen LogP contribution < -0.4 is 11.2 Å². The summed E-state index contributed by atoms with van der Waals surface area (Å²) in [5.41, 5.74) is -1.47. The zero-order valence-electron chi connectivity index (χ0n) is 10.7. The molecule has 106 valence electrons. The topological polar surface area (TPSA) is 103 Å². The molecule has 1 aliphatic heterocycles. The maximum atomic E-state index is 12.5. The summed E-state index contributed by atoms with van der Waals surface area (Å²) in [4.78, 5) is 26.8. The van der Waals surface area contributed by atoms with E-state index in [1.54, 1.807) is 0 Å². The lowest BCUT2D eigenvalue weighted by molar-refractivity contribution is 0.422. The fourth-order valence-electron chi connectivity index (χ4n) is 2.31. The van der Waals surface area contributed by atoms with Gasteiger partial charge in [0, 0.05) is 18.8 Å². The first-order chi connectivity index (χ1) is 8.93. The molecule has 8 heteroatoms. The zero-order valence-corrected chi connectivity index (χ0v) is 11.5. The summed E-state index contributed by atoms with van der Waals surface area (Å²) in [6.45, 7) is 2.25. The van der Waals surface area contributed by atoms with Crippen LogP contribution in [-0.4, -0.2) is 35.8 Å². The van der Waals surface area contributed by atoms with E-state index in [0.29, 0.717) is 13.1 Å². The summed E-state index contributed by atoms with van der Waals surface area (Å²) in [5.74, 6) is 0. The van der Waals surface area contributed by atoms with Crippen LogP contribution >= 0.6 is 0 Å². The van der Waals surface area contributed by atoms with Crippen LogP contribution in [0, 0.1) is 6.92 Å². The largest absolute Gasteiger partial charge is 0.325 e. The lowest BCUT2D eigenvalue weighted by Crippen LogP contribution is -2.38.